The van der Waals surface area contributed by atoms with Gasteiger partial charge >= 0.3 is 0 Å². The van der Waals surface area contributed by atoms with E-state index < -0.39 is 0 Å². The molecule has 0 saturated carbocycles. The molecule has 1 N–H and O–H groups in total. The van der Waals surface area contributed by atoms with Crippen LogP contribution in [-0.4, -0.2) is 6.54 Å². The quantitative estimate of drug-likeness (QED) is 0.843. The Hall–Kier alpha value is -1.67. The number of likely N-dealkylation sites (N-methyl/N-ethyl adjacent to an activating group) is 1. The molecule has 0 aliphatic rings. The van der Waals surface area contributed by atoms with Gasteiger partial charge in [0.05, 0.1) is 0 Å². The van der Waals surface area contributed by atoms with Crippen molar-refractivity contribution in [1.29, 1.82) is 0 Å². The van der Waals surface area contributed by atoms with Gasteiger partial charge in [0, 0.05) is 6.04 Å². The Morgan fingerprint density at radius 1 is 1.00 bits per heavy atom. The molecule has 0 saturated heterocycles. The highest BCUT2D eigenvalue weighted by molar-refractivity contribution is 5.32. The molecular formula is C19H24FN. The lowest BCUT2D eigenvalue weighted by molar-refractivity contribution is 0.546. The summed E-state index contributed by atoms with van der Waals surface area (Å²) in [6.07, 6.45) is 0.918. The fourth-order valence-corrected chi connectivity index (χ4v) is 2.86. The van der Waals surface area contributed by atoms with Gasteiger partial charge in [-0.15, -0.1) is 0 Å². The maximum Gasteiger partial charge on any atom is 0.126 e. The molecular weight excluding hydrogens is 261 g/mol. The van der Waals surface area contributed by atoms with Gasteiger partial charge in [-0.3, -0.25) is 0 Å². The number of hydrogen-bond donors (Lipinski definition) is 1. The van der Waals surface area contributed by atoms with Crippen LogP contribution in [0.2, 0.25) is 0 Å². The summed E-state index contributed by atoms with van der Waals surface area (Å²) >= 11 is 0. The Bertz CT molecular complexity index is 599. The van der Waals surface area contributed by atoms with E-state index in [2.05, 4.69) is 44.3 Å². The van der Waals surface area contributed by atoms with Crippen LogP contribution >= 0.6 is 0 Å². The van der Waals surface area contributed by atoms with Crippen molar-refractivity contribution in [2.45, 2.75) is 40.2 Å². The van der Waals surface area contributed by atoms with Crippen molar-refractivity contribution in [3.05, 3.63) is 70.0 Å². The predicted octanol–water partition coefficient (Wildman–Crippen LogP) is 4.64. The summed E-state index contributed by atoms with van der Waals surface area (Å²) in [7, 11) is 0. The molecule has 0 aromatic heterocycles. The third-order valence-corrected chi connectivity index (χ3v) is 3.76. The normalized spacial score (nSPS) is 12.4. The molecule has 0 amide bonds. The van der Waals surface area contributed by atoms with Crippen LogP contribution in [0.15, 0.2) is 36.4 Å². The molecule has 0 heterocycles. The monoisotopic (exact) mass is 285 g/mol. The minimum absolute atomic E-state index is 0.139. The molecule has 0 aliphatic carbocycles. The van der Waals surface area contributed by atoms with E-state index in [9.17, 15) is 4.39 Å². The summed E-state index contributed by atoms with van der Waals surface area (Å²) < 4.78 is 13.5. The van der Waals surface area contributed by atoms with Crippen molar-refractivity contribution in [1.82, 2.24) is 5.32 Å². The molecule has 2 heteroatoms. The first-order chi connectivity index (χ1) is 9.99. The molecule has 1 nitrogen and oxygen atoms in total. The Balaban J connectivity index is 2.27. The van der Waals surface area contributed by atoms with E-state index in [1.54, 1.807) is 6.07 Å². The molecule has 0 radical (unpaired) electrons. The molecule has 0 fully saturated rings. The maximum absolute atomic E-state index is 13.5. The van der Waals surface area contributed by atoms with Crippen LogP contribution < -0.4 is 5.32 Å². The second-order valence-electron chi connectivity index (χ2n) is 5.82. The minimum Gasteiger partial charge on any atom is -0.310 e. The number of hydrogen-bond acceptors (Lipinski definition) is 1. The van der Waals surface area contributed by atoms with Gasteiger partial charge in [0.1, 0.15) is 5.82 Å². The summed E-state index contributed by atoms with van der Waals surface area (Å²) in [6, 6.07) is 12.3. The van der Waals surface area contributed by atoms with E-state index in [1.165, 1.54) is 16.7 Å². The first kappa shape index (κ1) is 15.7. The second kappa shape index (κ2) is 6.86. The maximum atomic E-state index is 13.5. The standard InChI is InChI=1S/C19H24FN/c1-5-21-19(17-6-7-18(20)15(4)11-17)12-16-9-13(2)8-14(3)10-16/h6-11,19,21H,5,12H2,1-4H3. The fraction of sp³-hybridized carbons (Fsp3) is 0.368. The van der Waals surface area contributed by atoms with E-state index in [0.29, 0.717) is 5.56 Å². The largest absolute Gasteiger partial charge is 0.310 e. The SMILES string of the molecule is CCNC(Cc1cc(C)cc(C)c1)c1ccc(F)c(C)c1. The predicted molar refractivity (Wildman–Crippen MR) is 87.2 cm³/mol. The molecule has 1 atom stereocenters. The molecule has 2 rings (SSSR count). The van der Waals surface area contributed by atoms with Gasteiger partial charge in [-0.2, -0.15) is 0 Å². The average Bonchev–Trinajstić information content (AvgIpc) is 2.40. The minimum atomic E-state index is -0.139. The Labute approximate surface area is 127 Å². The number of rotatable bonds is 5. The summed E-state index contributed by atoms with van der Waals surface area (Å²) in [5, 5.41) is 3.51. The molecule has 2 aromatic rings. The van der Waals surface area contributed by atoms with Crippen LogP contribution in [0.4, 0.5) is 4.39 Å². The number of halogens is 1. The van der Waals surface area contributed by atoms with E-state index in [0.717, 1.165) is 18.5 Å². The van der Waals surface area contributed by atoms with Crippen LogP contribution in [0.1, 0.15) is 40.8 Å². The lowest BCUT2D eigenvalue weighted by Crippen LogP contribution is -2.23. The van der Waals surface area contributed by atoms with Crippen molar-refractivity contribution in [2.75, 3.05) is 6.54 Å². The van der Waals surface area contributed by atoms with Crippen LogP contribution in [-0.2, 0) is 6.42 Å². The summed E-state index contributed by atoms with van der Waals surface area (Å²) in [6.45, 7) is 9.07. The zero-order valence-corrected chi connectivity index (χ0v) is 13.3. The van der Waals surface area contributed by atoms with Crippen LogP contribution in [0, 0.1) is 26.6 Å². The number of nitrogens with one attached hydrogen (secondary N) is 1. The molecule has 112 valence electrons. The van der Waals surface area contributed by atoms with Gasteiger partial charge in [0.2, 0.25) is 0 Å². The molecule has 1 unspecified atom stereocenters. The highest BCUT2D eigenvalue weighted by atomic mass is 19.1. The second-order valence-corrected chi connectivity index (χ2v) is 5.82. The van der Waals surface area contributed by atoms with Gasteiger partial charge in [-0.1, -0.05) is 48.4 Å². The smallest absolute Gasteiger partial charge is 0.126 e. The summed E-state index contributed by atoms with van der Waals surface area (Å²) in [5.41, 5.74) is 5.75. The van der Waals surface area contributed by atoms with Crippen molar-refractivity contribution in [3.63, 3.8) is 0 Å². The zero-order valence-electron chi connectivity index (χ0n) is 13.3. The zero-order chi connectivity index (χ0) is 15.4. The van der Waals surface area contributed by atoms with E-state index >= 15 is 0 Å². The fourth-order valence-electron chi connectivity index (χ4n) is 2.86. The van der Waals surface area contributed by atoms with E-state index in [4.69, 9.17) is 0 Å². The van der Waals surface area contributed by atoms with Gasteiger partial charge < -0.3 is 5.32 Å². The van der Waals surface area contributed by atoms with Crippen molar-refractivity contribution >= 4 is 0 Å². The molecule has 0 aliphatic heterocycles. The third-order valence-electron chi connectivity index (χ3n) is 3.76. The number of benzene rings is 2. The van der Waals surface area contributed by atoms with Crippen LogP contribution in [0.5, 0.6) is 0 Å². The van der Waals surface area contributed by atoms with E-state index in [1.807, 2.05) is 19.1 Å². The molecule has 0 bridgehead atoms. The average molecular weight is 285 g/mol. The highest BCUT2D eigenvalue weighted by Gasteiger charge is 2.13. The Morgan fingerprint density at radius 3 is 2.24 bits per heavy atom. The molecule has 21 heavy (non-hydrogen) atoms. The van der Waals surface area contributed by atoms with Crippen molar-refractivity contribution in [3.8, 4) is 0 Å². The first-order valence-corrected chi connectivity index (χ1v) is 7.56. The highest BCUT2D eigenvalue weighted by Crippen LogP contribution is 2.22. The summed E-state index contributed by atoms with van der Waals surface area (Å²) in [5.74, 6) is -0.139. The van der Waals surface area contributed by atoms with Gasteiger partial charge in [0.25, 0.3) is 0 Å². The molecule has 0 spiro atoms. The number of aryl methyl sites for hydroxylation is 3. The van der Waals surface area contributed by atoms with Gasteiger partial charge in [-0.25, -0.2) is 4.39 Å². The Morgan fingerprint density at radius 2 is 1.67 bits per heavy atom. The van der Waals surface area contributed by atoms with Gasteiger partial charge in [0.15, 0.2) is 0 Å². The summed E-state index contributed by atoms with van der Waals surface area (Å²) in [4.78, 5) is 0. The Kier molecular flexibility index (Phi) is 5.13. The first-order valence-electron chi connectivity index (χ1n) is 7.56. The lowest BCUT2D eigenvalue weighted by atomic mass is 9.95. The van der Waals surface area contributed by atoms with Gasteiger partial charge in [-0.05, 0) is 56.5 Å². The lowest BCUT2D eigenvalue weighted by Gasteiger charge is -2.20. The van der Waals surface area contributed by atoms with Crippen molar-refractivity contribution < 1.29 is 4.39 Å². The van der Waals surface area contributed by atoms with Crippen LogP contribution in [0.25, 0.3) is 0 Å². The van der Waals surface area contributed by atoms with E-state index in [-0.39, 0.29) is 11.9 Å². The van der Waals surface area contributed by atoms with Crippen molar-refractivity contribution in [2.24, 2.45) is 0 Å². The third kappa shape index (κ3) is 4.15. The molecule has 2 aromatic carbocycles. The van der Waals surface area contributed by atoms with Crippen LogP contribution in [0.3, 0.4) is 0 Å². The topological polar surface area (TPSA) is 12.0 Å².